The van der Waals surface area contributed by atoms with Crippen LogP contribution in [0, 0.1) is 5.92 Å². The number of alkyl halides is 1. The molecule has 0 saturated carbocycles. The highest BCUT2D eigenvalue weighted by Gasteiger charge is 2.15. The number of carbonyl (C=O) groups excluding carboxylic acids is 1. The van der Waals surface area contributed by atoms with E-state index in [0.717, 1.165) is 0 Å². The zero-order valence-corrected chi connectivity index (χ0v) is 6.49. The minimum absolute atomic E-state index is 0. The van der Waals surface area contributed by atoms with E-state index in [-0.39, 0.29) is 19.0 Å². The molecule has 0 spiro atoms. The number of rotatable bonds is 3. The first kappa shape index (κ1) is 12.3. The topological polar surface area (TPSA) is 52.3 Å². The number of ether oxygens (including phenoxy) is 1. The molecule has 0 saturated heterocycles. The highest BCUT2D eigenvalue weighted by molar-refractivity contribution is 5.85. The zero-order valence-electron chi connectivity index (χ0n) is 5.67. The molecule has 1 atom stereocenters. The summed E-state index contributed by atoms with van der Waals surface area (Å²) in [5.41, 5.74) is 5.02. The molecular weight excluding hydrogens is 161 g/mol. The predicted molar refractivity (Wildman–Crippen MR) is 37.8 cm³/mol. The quantitative estimate of drug-likeness (QED) is 0.614. The van der Waals surface area contributed by atoms with Crippen molar-refractivity contribution in [3.63, 3.8) is 0 Å². The molecule has 0 aliphatic rings. The Labute approximate surface area is 65.1 Å². The molecule has 0 aromatic rings. The maximum Gasteiger partial charge on any atom is 0.312 e. The van der Waals surface area contributed by atoms with Crippen LogP contribution in [0.3, 0.4) is 0 Å². The monoisotopic (exact) mass is 171 g/mol. The van der Waals surface area contributed by atoms with Gasteiger partial charge in [0, 0.05) is 6.54 Å². The Bertz CT molecular complexity index is 97.6. The summed E-state index contributed by atoms with van der Waals surface area (Å²) in [6.07, 6.45) is 0. The van der Waals surface area contributed by atoms with Crippen LogP contribution in [0.5, 0.6) is 0 Å². The Morgan fingerprint density at radius 3 is 2.40 bits per heavy atom. The van der Waals surface area contributed by atoms with Gasteiger partial charge in [0.05, 0.1) is 13.0 Å². The van der Waals surface area contributed by atoms with Gasteiger partial charge in [-0.1, -0.05) is 0 Å². The number of methoxy groups -OCH3 is 1. The SMILES string of the molecule is COC(=O)C(CN)CF.Cl. The fourth-order valence-corrected chi connectivity index (χ4v) is 0.389. The summed E-state index contributed by atoms with van der Waals surface area (Å²) in [6.45, 7) is -0.744. The summed E-state index contributed by atoms with van der Waals surface area (Å²) in [5, 5.41) is 0. The van der Waals surface area contributed by atoms with E-state index in [2.05, 4.69) is 4.74 Å². The first-order chi connectivity index (χ1) is 4.26. The molecule has 62 valence electrons. The van der Waals surface area contributed by atoms with Gasteiger partial charge >= 0.3 is 5.97 Å². The van der Waals surface area contributed by atoms with Crippen molar-refractivity contribution < 1.29 is 13.9 Å². The van der Waals surface area contributed by atoms with Crippen molar-refractivity contribution in [3.05, 3.63) is 0 Å². The van der Waals surface area contributed by atoms with E-state index in [4.69, 9.17) is 5.73 Å². The smallest absolute Gasteiger partial charge is 0.312 e. The first-order valence-corrected chi connectivity index (χ1v) is 2.60. The van der Waals surface area contributed by atoms with Crippen molar-refractivity contribution in [2.24, 2.45) is 11.7 Å². The van der Waals surface area contributed by atoms with E-state index in [1.807, 2.05) is 0 Å². The zero-order chi connectivity index (χ0) is 7.28. The number of hydrogen-bond donors (Lipinski definition) is 1. The van der Waals surface area contributed by atoms with Crippen LogP contribution in [-0.4, -0.2) is 26.3 Å². The molecule has 0 rings (SSSR count). The lowest BCUT2D eigenvalue weighted by Crippen LogP contribution is -2.26. The molecule has 0 radical (unpaired) electrons. The Morgan fingerprint density at radius 1 is 1.80 bits per heavy atom. The standard InChI is InChI=1S/C5H10FNO2.ClH/c1-9-5(8)4(2-6)3-7;/h4H,2-3,7H2,1H3;1H. The molecule has 0 aromatic heterocycles. The van der Waals surface area contributed by atoms with E-state index >= 15 is 0 Å². The summed E-state index contributed by atoms with van der Waals surface area (Å²) in [7, 11) is 1.21. The molecular formula is C5H11ClFNO2. The predicted octanol–water partition coefficient (Wildman–Crippen LogP) is 0.126. The van der Waals surface area contributed by atoms with Gasteiger partial charge in [-0.05, 0) is 0 Å². The van der Waals surface area contributed by atoms with Gasteiger partial charge in [-0.15, -0.1) is 12.4 Å². The molecule has 3 nitrogen and oxygen atoms in total. The number of hydrogen-bond acceptors (Lipinski definition) is 3. The molecule has 0 fully saturated rings. The summed E-state index contributed by atoms with van der Waals surface area (Å²) in [4.78, 5) is 10.4. The Hall–Kier alpha value is -0.350. The Balaban J connectivity index is 0. The highest BCUT2D eigenvalue weighted by Crippen LogP contribution is 1.96. The van der Waals surface area contributed by atoms with E-state index in [9.17, 15) is 9.18 Å². The second-order valence-corrected chi connectivity index (χ2v) is 1.61. The lowest BCUT2D eigenvalue weighted by atomic mass is 10.2. The average molecular weight is 172 g/mol. The number of carbonyl (C=O) groups is 1. The fraction of sp³-hybridized carbons (Fsp3) is 0.800. The Kier molecular flexibility index (Phi) is 8.35. The van der Waals surface area contributed by atoms with Gasteiger partial charge in [-0.2, -0.15) is 0 Å². The van der Waals surface area contributed by atoms with Crippen LogP contribution in [0.15, 0.2) is 0 Å². The lowest BCUT2D eigenvalue weighted by Gasteiger charge is -2.05. The van der Waals surface area contributed by atoms with Gasteiger partial charge < -0.3 is 10.5 Å². The average Bonchev–Trinajstić information content (AvgIpc) is 1.90. The number of nitrogens with two attached hydrogens (primary N) is 1. The third-order valence-electron chi connectivity index (χ3n) is 1.01. The second-order valence-electron chi connectivity index (χ2n) is 1.61. The van der Waals surface area contributed by atoms with Crippen molar-refractivity contribution in [1.29, 1.82) is 0 Å². The van der Waals surface area contributed by atoms with Crippen LogP contribution in [0.4, 0.5) is 4.39 Å². The van der Waals surface area contributed by atoms with Crippen molar-refractivity contribution in [2.45, 2.75) is 0 Å². The van der Waals surface area contributed by atoms with Crippen LogP contribution in [0.1, 0.15) is 0 Å². The summed E-state index contributed by atoms with van der Waals surface area (Å²) in [6, 6.07) is 0. The normalized spacial score (nSPS) is 11.5. The van der Waals surface area contributed by atoms with Crippen LogP contribution >= 0.6 is 12.4 Å². The summed E-state index contributed by atoms with van der Waals surface area (Å²) < 4.78 is 15.9. The second kappa shape index (κ2) is 6.77. The van der Waals surface area contributed by atoms with Crippen LogP contribution in [0.25, 0.3) is 0 Å². The third-order valence-corrected chi connectivity index (χ3v) is 1.01. The molecule has 0 aromatic carbocycles. The van der Waals surface area contributed by atoms with Gasteiger partial charge in [0.1, 0.15) is 6.67 Å². The molecule has 0 aliphatic carbocycles. The van der Waals surface area contributed by atoms with Crippen LogP contribution in [-0.2, 0) is 9.53 Å². The van der Waals surface area contributed by atoms with Crippen molar-refractivity contribution in [2.75, 3.05) is 20.3 Å². The van der Waals surface area contributed by atoms with Gasteiger partial charge in [0.25, 0.3) is 0 Å². The maximum atomic E-state index is 11.7. The molecule has 5 heteroatoms. The summed E-state index contributed by atoms with van der Waals surface area (Å²) >= 11 is 0. The molecule has 1 unspecified atom stereocenters. The lowest BCUT2D eigenvalue weighted by molar-refractivity contribution is -0.145. The molecule has 0 heterocycles. The maximum absolute atomic E-state index is 11.7. The number of halogens is 2. The van der Waals surface area contributed by atoms with Gasteiger partial charge in [-0.3, -0.25) is 9.18 Å². The third kappa shape index (κ3) is 3.63. The number of esters is 1. The molecule has 10 heavy (non-hydrogen) atoms. The minimum atomic E-state index is -0.782. The molecule has 0 bridgehead atoms. The summed E-state index contributed by atoms with van der Waals surface area (Å²) in [5.74, 6) is -1.37. The minimum Gasteiger partial charge on any atom is -0.469 e. The van der Waals surface area contributed by atoms with Gasteiger partial charge in [0.15, 0.2) is 0 Å². The molecule has 2 N–H and O–H groups in total. The molecule has 0 aliphatic heterocycles. The van der Waals surface area contributed by atoms with E-state index in [1.54, 1.807) is 0 Å². The van der Waals surface area contributed by atoms with Crippen LogP contribution in [0.2, 0.25) is 0 Å². The van der Waals surface area contributed by atoms with Gasteiger partial charge in [-0.25, -0.2) is 0 Å². The van der Waals surface area contributed by atoms with Crippen molar-refractivity contribution in [3.8, 4) is 0 Å². The fourth-order valence-electron chi connectivity index (χ4n) is 0.389. The van der Waals surface area contributed by atoms with E-state index in [0.29, 0.717) is 0 Å². The van der Waals surface area contributed by atoms with E-state index in [1.165, 1.54) is 7.11 Å². The van der Waals surface area contributed by atoms with E-state index < -0.39 is 18.6 Å². The molecule has 0 amide bonds. The Morgan fingerprint density at radius 2 is 2.30 bits per heavy atom. The highest BCUT2D eigenvalue weighted by atomic mass is 35.5. The largest absolute Gasteiger partial charge is 0.469 e. The van der Waals surface area contributed by atoms with Crippen molar-refractivity contribution in [1.82, 2.24) is 0 Å². The van der Waals surface area contributed by atoms with Crippen molar-refractivity contribution >= 4 is 18.4 Å². The first-order valence-electron chi connectivity index (χ1n) is 2.60. The van der Waals surface area contributed by atoms with Crippen LogP contribution < -0.4 is 5.73 Å². The van der Waals surface area contributed by atoms with Gasteiger partial charge in [0.2, 0.25) is 0 Å².